The number of benzene rings is 2. The van der Waals surface area contributed by atoms with Gasteiger partial charge < -0.3 is 24.6 Å². The predicted molar refractivity (Wildman–Crippen MR) is 92.1 cm³/mol. The second kappa shape index (κ2) is 7.34. The lowest BCUT2D eigenvalue weighted by Crippen LogP contribution is -2.48. The van der Waals surface area contributed by atoms with Gasteiger partial charge >= 0.3 is 0 Å². The average molecular weight is 343 g/mol. The lowest BCUT2D eigenvalue weighted by molar-refractivity contribution is -0.133. The number of nitrogens with one attached hydrogen (secondary N) is 1. The van der Waals surface area contributed by atoms with E-state index >= 15 is 0 Å². The Hall–Kier alpha value is -2.89. The average Bonchev–Trinajstić information content (AvgIpc) is 2.61. The molecule has 2 atom stereocenters. The highest BCUT2D eigenvalue weighted by Gasteiger charge is 2.33. The molecule has 0 fully saturated rings. The van der Waals surface area contributed by atoms with Gasteiger partial charge in [-0.1, -0.05) is 18.2 Å². The highest BCUT2D eigenvalue weighted by molar-refractivity contribution is 5.82. The van der Waals surface area contributed by atoms with Gasteiger partial charge in [0.05, 0.1) is 6.61 Å². The van der Waals surface area contributed by atoms with Crippen LogP contribution in [0.4, 0.5) is 0 Å². The smallest absolute Gasteiger partial charge is 0.265 e. The minimum Gasteiger partial charge on any atom is -0.504 e. The third kappa shape index (κ3) is 3.79. The molecule has 2 N–H and O–H groups in total. The molecule has 0 unspecified atom stereocenters. The molecule has 6 heteroatoms. The number of para-hydroxylation sites is 2. The quantitative estimate of drug-likeness (QED) is 0.873. The second-order valence-electron chi connectivity index (χ2n) is 5.76. The van der Waals surface area contributed by atoms with Crippen LogP contribution in [0.3, 0.4) is 0 Å². The first-order valence-electron chi connectivity index (χ1n) is 8.23. The van der Waals surface area contributed by atoms with Crippen LogP contribution in [0.2, 0.25) is 0 Å². The summed E-state index contributed by atoms with van der Waals surface area (Å²) in [5.41, 5.74) is 0.819. The number of phenols is 1. The molecule has 1 aliphatic rings. The Morgan fingerprint density at radius 2 is 1.92 bits per heavy atom. The zero-order valence-corrected chi connectivity index (χ0v) is 14.2. The van der Waals surface area contributed by atoms with Gasteiger partial charge in [-0.15, -0.1) is 0 Å². The van der Waals surface area contributed by atoms with Gasteiger partial charge in [0.15, 0.2) is 23.0 Å². The van der Waals surface area contributed by atoms with Crippen molar-refractivity contribution >= 4 is 5.91 Å². The van der Waals surface area contributed by atoms with E-state index in [9.17, 15) is 9.90 Å². The summed E-state index contributed by atoms with van der Waals surface area (Å²) in [6.07, 6.45) is -1.12. The lowest BCUT2D eigenvalue weighted by atomic mass is 10.1. The first-order chi connectivity index (χ1) is 12.1. The molecule has 0 saturated heterocycles. The number of phenolic OH excluding ortho intramolecular Hbond substituents is 1. The van der Waals surface area contributed by atoms with E-state index in [0.29, 0.717) is 30.4 Å². The fourth-order valence-electron chi connectivity index (χ4n) is 2.64. The van der Waals surface area contributed by atoms with Crippen molar-refractivity contribution < 1.29 is 24.1 Å². The number of ether oxygens (including phenoxy) is 3. The van der Waals surface area contributed by atoms with Crippen LogP contribution in [-0.2, 0) is 11.3 Å². The standard InChI is InChI=1S/C19H21NO5/c1-3-23-17-10-13(8-9-14(17)21)11-20-19(22)18-12(2)24-15-6-4-5-7-16(15)25-18/h4-10,12,18,21H,3,11H2,1-2H3,(H,20,22)/t12-,18+/m0/s1. The molecule has 0 aromatic heterocycles. The summed E-state index contributed by atoms with van der Waals surface area (Å²) in [5.74, 6) is 1.41. The van der Waals surface area contributed by atoms with Crippen LogP contribution < -0.4 is 19.5 Å². The Kier molecular flexibility index (Phi) is 4.97. The molecule has 6 nitrogen and oxygen atoms in total. The van der Waals surface area contributed by atoms with Gasteiger partial charge in [0.2, 0.25) is 6.10 Å². The molecule has 1 heterocycles. The van der Waals surface area contributed by atoms with E-state index in [0.717, 1.165) is 5.56 Å². The minimum atomic E-state index is -0.724. The van der Waals surface area contributed by atoms with Crippen LogP contribution in [0.1, 0.15) is 19.4 Å². The van der Waals surface area contributed by atoms with Crippen LogP contribution in [0.5, 0.6) is 23.0 Å². The molecule has 25 heavy (non-hydrogen) atoms. The van der Waals surface area contributed by atoms with Gasteiger partial charge in [-0.2, -0.15) is 0 Å². The summed E-state index contributed by atoms with van der Waals surface area (Å²) in [6.45, 7) is 4.39. The molecule has 0 bridgehead atoms. The summed E-state index contributed by atoms with van der Waals surface area (Å²) >= 11 is 0. The summed E-state index contributed by atoms with van der Waals surface area (Å²) in [6, 6.07) is 12.3. The van der Waals surface area contributed by atoms with Gasteiger partial charge in [0.25, 0.3) is 5.91 Å². The zero-order valence-electron chi connectivity index (χ0n) is 14.2. The minimum absolute atomic E-state index is 0.0752. The Bertz CT molecular complexity index is 761. The van der Waals surface area contributed by atoms with Crippen molar-refractivity contribution in [1.29, 1.82) is 0 Å². The van der Waals surface area contributed by atoms with Gasteiger partial charge in [0.1, 0.15) is 6.10 Å². The third-order valence-electron chi connectivity index (χ3n) is 3.89. The maximum atomic E-state index is 12.5. The van der Waals surface area contributed by atoms with Crippen LogP contribution in [0.15, 0.2) is 42.5 Å². The Morgan fingerprint density at radius 1 is 1.20 bits per heavy atom. The predicted octanol–water partition coefficient (Wildman–Crippen LogP) is 2.64. The maximum Gasteiger partial charge on any atom is 0.265 e. The number of aromatic hydroxyl groups is 1. The SMILES string of the molecule is CCOc1cc(CNC(=O)[C@@H]2Oc3ccccc3O[C@H]2C)ccc1O. The number of amides is 1. The monoisotopic (exact) mass is 343 g/mol. The number of hydrogen-bond acceptors (Lipinski definition) is 5. The van der Waals surface area contributed by atoms with E-state index in [1.165, 1.54) is 0 Å². The van der Waals surface area contributed by atoms with E-state index in [1.54, 1.807) is 31.2 Å². The van der Waals surface area contributed by atoms with E-state index in [4.69, 9.17) is 14.2 Å². The maximum absolute atomic E-state index is 12.5. The molecular weight excluding hydrogens is 322 g/mol. The molecule has 132 valence electrons. The first-order valence-corrected chi connectivity index (χ1v) is 8.23. The fourth-order valence-corrected chi connectivity index (χ4v) is 2.64. The number of rotatable bonds is 5. The molecular formula is C19H21NO5. The molecule has 0 radical (unpaired) electrons. The van der Waals surface area contributed by atoms with Gasteiger partial charge in [-0.05, 0) is 43.7 Å². The largest absolute Gasteiger partial charge is 0.504 e. The Labute approximate surface area is 146 Å². The molecule has 1 aliphatic heterocycles. The van der Waals surface area contributed by atoms with Crippen molar-refractivity contribution in [2.45, 2.75) is 32.6 Å². The highest BCUT2D eigenvalue weighted by Crippen LogP contribution is 2.33. The Morgan fingerprint density at radius 3 is 2.64 bits per heavy atom. The number of hydrogen-bond donors (Lipinski definition) is 2. The molecule has 0 saturated carbocycles. The van der Waals surface area contributed by atoms with Crippen molar-refractivity contribution in [2.24, 2.45) is 0 Å². The molecule has 2 aromatic carbocycles. The highest BCUT2D eigenvalue weighted by atomic mass is 16.6. The second-order valence-corrected chi connectivity index (χ2v) is 5.76. The van der Waals surface area contributed by atoms with Crippen molar-refractivity contribution in [3.05, 3.63) is 48.0 Å². The van der Waals surface area contributed by atoms with E-state index in [1.807, 2.05) is 25.1 Å². The van der Waals surface area contributed by atoms with Crippen LogP contribution in [0.25, 0.3) is 0 Å². The number of fused-ring (bicyclic) bond motifs is 1. The van der Waals surface area contributed by atoms with Gasteiger partial charge in [0, 0.05) is 6.54 Å². The zero-order chi connectivity index (χ0) is 17.8. The summed E-state index contributed by atoms with van der Waals surface area (Å²) in [5, 5.41) is 12.6. The van der Waals surface area contributed by atoms with E-state index in [-0.39, 0.29) is 11.7 Å². The lowest BCUT2D eigenvalue weighted by Gasteiger charge is -2.31. The molecule has 2 aromatic rings. The molecule has 0 aliphatic carbocycles. The summed E-state index contributed by atoms with van der Waals surface area (Å²) < 4.78 is 16.9. The van der Waals surface area contributed by atoms with Gasteiger partial charge in [-0.3, -0.25) is 4.79 Å². The first kappa shape index (κ1) is 17.0. The van der Waals surface area contributed by atoms with Crippen LogP contribution in [-0.4, -0.2) is 29.8 Å². The van der Waals surface area contributed by atoms with Crippen molar-refractivity contribution in [1.82, 2.24) is 5.32 Å². The van der Waals surface area contributed by atoms with Crippen molar-refractivity contribution in [3.8, 4) is 23.0 Å². The third-order valence-corrected chi connectivity index (χ3v) is 3.89. The van der Waals surface area contributed by atoms with Crippen LogP contribution in [0, 0.1) is 0 Å². The van der Waals surface area contributed by atoms with E-state index in [2.05, 4.69) is 5.32 Å². The van der Waals surface area contributed by atoms with Crippen molar-refractivity contribution in [3.63, 3.8) is 0 Å². The van der Waals surface area contributed by atoms with Gasteiger partial charge in [-0.25, -0.2) is 0 Å². The summed E-state index contributed by atoms with van der Waals surface area (Å²) in [7, 11) is 0. The Balaban J connectivity index is 1.64. The summed E-state index contributed by atoms with van der Waals surface area (Å²) in [4.78, 5) is 12.5. The number of carbonyl (C=O) groups is 1. The topological polar surface area (TPSA) is 77.0 Å². The molecule has 0 spiro atoms. The molecule has 3 rings (SSSR count). The van der Waals surface area contributed by atoms with E-state index < -0.39 is 12.2 Å². The molecule has 1 amide bonds. The fraction of sp³-hybridized carbons (Fsp3) is 0.316. The normalized spacial score (nSPS) is 18.5. The van der Waals surface area contributed by atoms with Crippen molar-refractivity contribution in [2.75, 3.05) is 6.61 Å². The van der Waals surface area contributed by atoms with Crippen LogP contribution >= 0.6 is 0 Å². The number of carbonyl (C=O) groups excluding carboxylic acids is 1.